The van der Waals surface area contributed by atoms with Crippen molar-refractivity contribution in [3.63, 3.8) is 0 Å². The van der Waals surface area contributed by atoms with Gasteiger partial charge in [-0.25, -0.2) is 4.98 Å². The van der Waals surface area contributed by atoms with Crippen molar-refractivity contribution in [2.24, 2.45) is 5.92 Å². The normalized spacial score (nSPS) is 17.0. The van der Waals surface area contributed by atoms with Gasteiger partial charge in [0.2, 0.25) is 17.6 Å². The molecule has 1 atom stereocenters. The first-order valence-electron chi connectivity index (χ1n) is 9.91. The fourth-order valence-corrected chi connectivity index (χ4v) is 3.71. The Morgan fingerprint density at radius 2 is 2.13 bits per heavy atom. The molecular formula is C21H20F3N5O2. The number of carbonyl (C=O) groups excluding carboxylic acids is 1. The molecule has 1 saturated heterocycles. The van der Waals surface area contributed by atoms with Crippen LogP contribution in [0.1, 0.15) is 29.9 Å². The molecule has 0 spiro atoms. The van der Waals surface area contributed by atoms with Crippen LogP contribution < -0.4 is 0 Å². The van der Waals surface area contributed by atoms with Crippen LogP contribution in [0.4, 0.5) is 13.2 Å². The molecule has 0 radical (unpaired) electrons. The average molecular weight is 431 g/mol. The number of carbonyl (C=O) groups is 1. The summed E-state index contributed by atoms with van der Waals surface area (Å²) < 4.78 is 44.0. The van der Waals surface area contributed by atoms with E-state index in [1.807, 2.05) is 0 Å². The van der Waals surface area contributed by atoms with Crippen LogP contribution in [0.3, 0.4) is 0 Å². The predicted octanol–water partition coefficient (Wildman–Crippen LogP) is 3.57. The quantitative estimate of drug-likeness (QED) is 0.614. The van der Waals surface area contributed by atoms with Crippen LogP contribution in [-0.2, 0) is 23.8 Å². The van der Waals surface area contributed by atoms with Crippen molar-refractivity contribution in [2.75, 3.05) is 13.1 Å². The SMILES string of the molecule is O=C(Cc1cccc(C(F)(F)F)c1)N1CCCC(Cc2nc(-c3cnccn3)no2)C1. The Hall–Kier alpha value is -3.30. The number of piperidine rings is 1. The van der Waals surface area contributed by atoms with Gasteiger partial charge in [-0.15, -0.1) is 0 Å². The number of alkyl halides is 3. The van der Waals surface area contributed by atoms with E-state index in [0.29, 0.717) is 42.5 Å². The number of aromatic nitrogens is 4. The maximum atomic E-state index is 12.9. The van der Waals surface area contributed by atoms with E-state index in [-0.39, 0.29) is 18.2 Å². The highest BCUT2D eigenvalue weighted by molar-refractivity contribution is 5.79. The second-order valence-electron chi connectivity index (χ2n) is 7.53. The third-order valence-electron chi connectivity index (χ3n) is 5.21. The third-order valence-corrected chi connectivity index (χ3v) is 5.21. The first-order valence-corrected chi connectivity index (χ1v) is 9.91. The molecule has 0 bridgehead atoms. The number of amides is 1. The van der Waals surface area contributed by atoms with Gasteiger partial charge in [0.1, 0.15) is 5.69 Å². The van der Waals surface area contributed by atoms with Crippen LogP contribution in [0.15, 0.2) is 47.4 Å². The molecule has 1 amide bonds. The molecule has 1 unspecified atom stereocenters. The first-order chi connectivity index (χ1) is 14.9. The van der Waals surface area contributed by atoms with E-state index in [9.17, 15) is 18.0 Å². The largest absolute Gasteiger partial charge is 0.416 e. The maximum Gasteiger partial charge on any atom is 0.416 e. The Balaban J connectivity index is 1.36. The molecule has 10 heteroatoms. The molecule has 1 aliphatic heterocycles. The number of rotatable bonds is 5. The minimum absolute atomic E-state index is 0.0615. The summed E-state index contributed by atoms with van der Waals surface area (Å²) in [6.07, 6.45) is 2.37. The Morgan fingerprint density at radius 1 is 1.26 bits per heavy atom. The lowest BCUT2D eigenvalue weighted by atomic mass is 9.94. The van der Waals surface area contributed by atoms with Gasteiger partial charge in [-0.2, -0.15) is 18.2 Å². The van der Waals surface area contributed by atoms with Crippen molar-refractivity contribution in [1.29, 1.82) is 0 Å². The van der Waals surface area contributed by atoms with E-state index in [2.05, 4.69) is 20.1 Å². The fraction of sp³-hybridized carbons (Fsp3) is 0.381. The summed E-state index contributed by atoms with van der Waals surface area (Å²) in [6.45, 7) is 1.09. The van der Waals surface area contributed by atoms with Crippen LogP contribution in [-0.4, -0.2) is 44.0 Å². The molecule has 7 nitrogen and oxygen atoms in total. The predicted molar refractivity (Wildman–Crippen MR) is 103 cm³/mol. The van der Waals surface area contributed by atoms with Gasteiger partial charge in [0, 0.05) is 31.9 Å². The zero-order valence-corrected chi connectivity index (χ0v) is 16.5. The molecule has 162 valence electrons. The number of hydrogen-bond acceptors (Lipinski definition) is 6. The number of benzene rings is 1. The zero-order chi connectivity index (χ0) is 21.8. The van der Waals surface area contributed by atoms with Crippen LogP contribution in [0.2, 0.25) is 0 Å². The van der Waals surface area contributed by atoms with Gasteiger partial charge in [0.05, 0.1) is 18.2 Å². The molecule has 0 N–H and O–H groups in total. The smallest absolute Gasteiger partial charge is 0.342 e. The molecule has 31 heavy (non-hydrogen) atoms. The topological polar surface area (TPSA) is 85.0 Å². The van der Waals surface area contributed by atoms with Crippen molar-refractivity contribution < 1.29 is 22.5 Å². The lowest BCUT2D eigenvalue weighted by Crippen LogP contribution is -2.41. The fourth-order valence-electron chi connectivity index (χ4n) is 3.71. The third kappa shape index (κ3) is 5.25. The summed E-state index contributed by atoms with van der Waals surface area (Å²) in [5, 5.41) is 3.93. The number of hydrogen-bond donors (Lipinski definition) is 0. The van der Waals surface area contributed by atoms with E-state index >= 15 is 0 Å². The van der Waals surface area contributed by atoms with Crippen molar-refractivity contribution in [1.82, 2.24) is 25.0 Å². The summed E-state index contributed by atoms with van der Waals surface area (Å²) in [4.78, 5) is 26.9. The van der Waals surface area contributed by atoms with E-state index in [1.165, 1.54) is 6.07 Å². The van der Waals surface area contributed by atoms with Gasteiger partial charge < -0.3 is 9.42 Å². The summed E-state index contributed by atoms with van der Waals surface area (Å²) in [7, 11) is 0. The molecule has 2 aromatic heterocycles. The van der Waals surface area contributed by atoms with E-state index < -0.39 is 11.7 Å². The molecular weight excluding hydrogens is 411 g/mol. The highest BCUT2D eigenvalue weighted by Crippen LogP contribution is 2.30. The lowest BCUT2D eigenvalue weighted by molar-refractivity contribution is -0.138. The highest BCUT2D eigenvalue weighted by atomic mass is 19.4. The molecule has 1 aromatic carbocycles. The lowest BCUT2D eigenvalue weighted by Gasteiger charge is -2.32. The molecule has 1 aliphatic rings. The van der Waals surface area contributed by atoms with E-state index in [1.54, 1.807) is 29.6 Å². The van der Waals surface area contributed by atoms with E-state index in [4.69, 9.17) is 4.52 Å². The minimum atomic E-state index is -4.43. The summed E-state index contributed by atoms with van der Waals surface area (Å²) in [6, 6.07) is 4.91. The number of likely N-dealkylation sites (tertiary alicyclic amines) is 1. The van der Waals surface area contributed by atoms with Crippen molar-refractivity contribution in [3.05, 3.63) is 59.9 Å². The molecule has 0 aliphatic carbocycles. The second-order valence-corrected chi connectivity index (χ2v) is 7.53. The number of halogens is 3. The average Bonchev–Trinajstić information content (AvgIpc) is 3.23. The Labute approximate surface area is 176 Å². The van der Waals surface area contributed by atoms with Crippen LogP contribution >= 0.6 is 0 Å². The molecule has 1 fully saturated rings. The van der Waals surface area contributed by atoms with Crippen LogP contribution in [0, 0.1) is 5.92 Å². The summed E-state index contributed by atoms with van der Waals surface area (Å²) >= 11 is 0. The Morgan fingerprint density at radius 3 is 2.90 bits per heavy atom. The van der Waals surface area contributed by atoms with Gasteiger partial charge >= 0.3 is 6.18 Å². The van der Waals surface area contributed by atoms with Gasteiger partial charge in [-0.05, 0) is 30.4 Å². The zero-order valence-electron chi connectivity index (χ0n) is 16.5. The van der Waals surface area contributed by atoms with Gasteiger partial charge in [-0.3, -0.25) is 9.78 Å². The first kappa shape index (κ1) is 21.0. The van der Waals surface area contributed by atoms with E-state index in [0.717, 1.165) is 25.0 Å². The molecule has 4 rings (SSSR count). The molecule has 0 saturated carbocycles. The van der Waals surface area contributed by atoms with Crippen molar-refractivity contribution in [3.8, 4) is 11.5 Å². The minimum Gasteiger partial charge on any atom is -0.342 e. The summed E-state index contributed by atoms with van der Waals surface area (Å²) in [5.74, 6) is 0.762. The maximum absolute atomic E-state index is 12.9. The number of nitrogens with zero attached hydrogens (tertiary/aromatic N) is 5. The molecule has 3 aromatic rings. The van der Waals surface area contributed by atoms with Crippen molar-refractivity contribution in [2.45, 2.75) is 31.9 Å². The highest BCUT2D eigenvalue weighted by Gasteiger charge is 2.31. The van der Waals surface area contributed by atoms with Gasteiger partial charge in [0.15, 0.2) is 0 Å². The van der Waals surface area contributed by atoms with Crippen LogP contribution in [0.5, 0.6) is 0 Å². The monoisotopic (exact) mass is 431 g/mol. The van der Waals surface area contributed by atoms with Crippen molar-refractivity contribution >= 4 is 5.91 Å². The van der Waals surface area contributed by atoms with Gasteiger partial charge in [-0.1, -0.05) is 23.4 Å². The van der Waals surface area contributed by atoms with Crippen LogP contribution in [0.25, 0.3) is 11.5 Å². The standard InChI is InChI=1S/C21H20F3N5O2/c22-21(23,24)16-5-1-3-14(9-16)11-19(30)29-8-2-4-15(13-29)10-18-27-20(28-31-18)17-12-25-6-7-26-17/h1,3,5-7,9,12,15H,2,4,8,10-11,13H2. The molecule has 3 heterocycles. The Kier molecular flexibility index (Phi) is 5.97. The second kappa shape index (κ2) is 8.83. The Bertz CT molecular complexity index is 1040. The summed E-state index contributed by atoms with van der Waals surface area (Å²) in [5.41, 5.74) is 0.121. The van der Waals surface area contributed by atoms with Gasteiger partial charge in [0.25, 0.3) is 0 Å².